The van der Waals surface area contributed by atoms with Gasteiger partial charge in [0.25, 0.3) is 5.91 Å². The number of aliphatic hydroxyl groups excluding tert-OH is 1. The van der Waals surface area contributed by atoms with E-state index in [-0.39, 0.29) is 12.1 Å². The number of thiazole rings is 1. The molecule has 4 aromatic rings. The smallest absolute Gasteiger partial charge is 0.290 e. The summed E-state index contributed by atoms with van der Waals surface area (Å²) < 4.78 is 5.49. The van der Waals surface area contributed by atoms with Crippen molar-refractivity contribution in [2.75, 3.05) is 7.11 Å². The fourth-order valence-electron chi connectivity index (χ4n) is 4.69. The molecule has 1 aliphatic rings. The number of hydrogen-bond acceptors (Lipinski definition) is 6. The number of nitrogens with zero attached hydrogens (tertiary/aromatic N) is 2. The molecule has 0 bridgehead atoms. The molecule has 1 N–H and O–H groups in total. The van der Waals surface area contributed by atoms with Crippen LogP contribution >= 0.6 is 11.3 Å². The Bertz CT molecular complexity index is 1520. The van der Waals surface area contributed by atoms with E-state index in [4.69, 9.17) is 4.74 Å². The van der Waals surface area contributed by atoms with E-state index in [0.29, 0.717) is 21.3 Å². The van der Waals surface area contributed by atoms with Crippen LogP contribution in [0.2, 0.25) is 0 Å². The number of ether oxygens (including phenoxy) is 1. The van der Waals surface area contributed by atoms with Crippen molar-refractivity contribution < 1.29 is 19.4 Å². The molecule has 1 aliphatic heterocycles. The maximum atomic E-state index is 14.0. The Morgan fingerprint density at radius 3 is 2.49 bits per heavy atom. The van der Waals surface area contributed by atoms with Crippen molar-refractivity contribution in [3.63, 3.8) is 0 Å². The van der Waals surface area contributed by atoms with Crippen molar-refractivity contribution in [1.29, 1.82) is 0 Å². The summed E-state index contributed by atoms with van der Waals surface area (Å²) in [5.41, 5.74) is 4.05. The number of methoxy groups -OCH3 is 1. The van der Waals surface area contributed by atoms with E-state index < -0.39 is 23.5 Å². The minimum atomic E-state index is -0.758. The molecular weight excluding hydrogens is 484 g/mol. The van der Waals surface area contributed by atoms with Crippen molar-refractivity contribution in [2.45, 2.75) is 26.4 Å². The Morgan fingerprint density at radius 2 is 1.76 bits per heavy atom. The van der Waals surface area contributed by atoms with Gasteiger partial charge in [0, 0.05) is 11.1 Å². The third-order valence-corrected chi connectivity index (χ3v) is 7.67. The van der Waals surface area contributed by atoms with E-state index in [2.05, 4.69) is 4.98 Å². The normalized spacial score (nSPS) is 15.4. The number of carbonyl (C=O) groups excluding carboxylic acids is 2. The van der Waals surface area contributed by atoms with Crippen molar-refractivity contribution >= 4 is 23.0 Å². The maximum absolute atomic E-state index is 14.0. The number of Topliss-reactive ketones (excluding diaryl/α,β-unsaturated/α-hetero) is 1. The van der Waals surface area contributed by atoms with E-state index >= 15 is 0 Å². The summed E-state index contributed by atoms with van der Waals surface area (Å²) in [5.74, 6) is -0.882. The molecule has 6 nitrogen and oxygen atoms in total. The van der Waals surface area contributed by atoms with Gasteiger partial charge < -0.3 is 14.7 Å². The predicted molar refractivity (Wildman–Crippen MR) is 144 cm³/mol. The van der Waals surface area contributed by atoms with Gasteiger partial charge in [0.05, 0.1) is 35.8 Å². The number of para-hydroxylation sites is 1. The summed E-state index contributed by atoms with van der Waals surface area (Å²) in [6, 6.07) is 23.9. The van der Waals surface area contributed by atoms with Crippen LogP contribution in [0.1, 0.15) is 38.1 Å². The SMILES string of the molecule is COc1ccccc1CN1C(=O)C(O)=C(C(=O)c2sc(-c3ccccc3)nc2C)C1c1cccc(C)c1. The average Bonchev–Trinajstić information content (AvgIpc) is 3.42. The van der Waals surface area contributed by atoms with E-state index in [1.165, 1.54) is 16.2 Å². The molecule has 37 heavy (non-hydrogen) atoms. The van der Waals surface area contributed by atoms with Gasteiger partial charge in [-0.25, -0.2) is 4.98 Å². The lowest BCUT2D eigenvalue weighted by molar-refractivity contribution is -0.130. The van der Waals surface area contributed by atoms with Crippen molar-refractivity contribution in [2.24, 2.45) is 0 Å². The van der Waals surface area contributed by atoms with E-state index in [9.17, 15) is 14.7 Å². The number of aryl methyl sites for hydroxylation is 2. The van der Waals surface area contributed by atoms with Crippen LogP contribution in [-0.4, -0.2) is 33.8 Å². The van der Waals surface area contributed by atoms with Crippen molar-refractivity contribution in [1.82, 2.24) is 9.88 Å². The number of amides is 1. The highest BCUT2D eigenvalue weighted by molar-refractivity contribution is 7.17. The number of benzene rings is 3. The summed E-state index contributed by atoms with van der Waals surface area (Å²) in [6.07, 6.45) is 0. The highest BCUT2D eigenvalue weighted by atomic mass is 32.1. The molecule has 0 fully saturated rings. The molecule has 1 unspecified atom stereocenters. The van der Waals surface area contributed by atoms with Gasteiger partial charge in [-0.3, -0.25) is 9.59 Å². The fraction of sp³-hybridized carbons (Fsp3) is 0.167. The van der Waals surface area contributed by atoms with Crippen LogP contribution < -0.4 is 4.74 Å². The number of hydrogen-bond donors (Lipinski definition) is 1. The highest BCUT2D eigenvalue weighted by Gasteiger charge is 2.44. The Kier molecular flexibility index (Phi) is 6.63. The van der Waals surface area contributed by atoms with E-state index in [1.54, 1.807) is 14.0 Å². The fourth-order valence-corrected chi connectivity index (χ4v) is 5.71. The van der Waals surface area contributed by atoms with Crippen molar-refractivity contribution in [3.05, 3.63) is 117 Å². The van der Waals surface area contributed by atoms with Crippen LogP contribution in [-0.2, 0) is 11.3 Å². The Labute approximate surface area is 219 Å². The average molecular weight is 511 g/mol. The third-order valence-electron chi connectivity index (χ3n) is 6.46. The van der Waals surface area contributed by atoms with Crippen LogP contribution in [0, 0.1) is 13.8 Å². The van der Waals surface area contributed by atoms with E-state index in [1.807, 2.05) is 85.8 Å². The Morgan fingerprint density at radius 1 is 1.03 bits per heavy atom. The standard InChI is InChI=1S/C30H26N2O4S/c1-18-10-9-14-21(16-18)25-24(26(33)28-19(2)31-29(37-28)20-11-5-4-6-12-20)27(34)30(35)32(25)17-22-13-7-8-15-23(22)36-3/h4-16,25,34H,17H2,1-3H3. The minimum Gasteiger partial charge on any atom is -0.503 e. The van der Waals surface area contributed by atoms with Gasteiger partial charge in [0.1, 0.15) is 10.8 Å². The van der Waals surface area contributed by atoms with Crippen LogP contribution in [0.15, 0.2) is 90.2 Å². The lowest BCUT2D eigenvalue weighted by Crippen LogP contribution is -2.31. The van der Waals surface area contributed by atoms with Crippen molar-refractivity contribution in [3.8, 4) is 16.3 Å². The minimum absolute atomic E-state index is 0.0665. The first-order valence-corrected chi connectivity index (χ1v) is 12.7. The molecule has 0 saturated heterocycles. The predicted octanol–water partition coefficient (Wildman–Crippen LogP) is 6.21. The first kappa shape index (κ1) is 24.5. The molecule has 0 saturated carbocycles. The number of aromatic nitrogens is 1. The molecule has 1 aromatic heterocycles. The Hall–Kier alpha value is -4.23. The van der Waals surface area contributed by atoms with Gasteiger partial charge in [-0.05, 0) is 25.5 Å². The zero-order chi connectivity index (χ0) is 26.1. The zero-order valence-electron chi connectivity index (χ0n) is 20.8. The molecule has 1 atom stereocenters. The summed E-state index contributed by atoms with van der Waals surface area (Å²) in [6.45, 7) is 3.90. The molecule has 3 aromatic carbocycles. The van der Waals surface area contributed by atoms with E-state index in [0.717, 1.165) is 22.3 Å². The second-order valence-corrected chi connectivity index (χ2v) is 9.95. The van der Waals surface area contributed by atoms with Gasteiger partial charge in [-0.1, -0.05) is 78.4 Å². The molecular formula is C30H26N2O4S. The molecule has 0 radical (unpaired) electrons. The molecule has 5 rings (SSSR count). The van der Waals surface area contributed by atoms with Gasteiger partial charge in [-0.15, -0.1) is 11.3 Å². The molecule has 7 heteroatoms. The molecule has 0 aliphatic carbocycles. The molecule has 1 amide bonds. The molecule has 2 heterocycles. The molecule has 186 valence electrons. The summed E-state index contributed by atoms with van der Waals surface area (Å²) in [5, 5.41) is 11.8. The van der Waals surface area contributed by atoms with Gasteiger partial charge in [0.2, 0.25) is 5.78 Å². The van der Waals surface area contributed by atoms with Crippen LogP contribution in [0.3, 0.4) is 0 Å². The highest BCUT2D eigenvalue weighted by Crippen LogP contribution is 2.42. The quantitative estimate of drug-likeness (QED) is 0.299. The van der Waals surface area contributed by atoms with Gasteiger partial charge in [0.15, 0.2) is 5.76 Å². The van der Waals surface area contributed by atoms with Gasteiger partial charge >= 0.3 is 0 Å². The number of rotatable bonds is 7. The number of ketones is 1. The Balaban J connectivity index is 1.59. The first-order valence-electron chi connectivity index (χ1n) is 11.9. The van der Waals surface area contributed by atoms with Crippen LogP contribution in [0.25, 0.3) is 10.6 Å². The van der Waals surface area contributed by atoms with Crippen LogP contribution in [0.4, 0.5) is 0 Å². The topological polar surface area (TPSA) is 79.7 Å². The summed E-state index contributed by atoms with van der Waals surface area (Å²) in [7, 11) is 1.57. The number of carbonyl (C=O) groups is 2. The van der Waals surface area contributed by atoms with Crippen LogP contribution in [0.5, 0.6) is 5.75 Å². The third kappa shape index (κ3) is 4.54. The van der Waals surface area contributed by atoms with Gasteiger partial charge in [-0.2, -0.15) is 0 Å². The zero-order valence-corrected chi connectivity index (χ0v) is 21.6. The monoisotopic (exact) mass is 510 g/mol. The second-order valence-electron chi connectivity index (χ2n) is 8.95. The summed E-state index contributed by atoms with van der Waals surface area (Å²) >= 11 is 1.27. The lowest BCUT2D eigenvalue weighted by atomic mass is 9.94. The molecule has 0 spiro atoms. The lowest BCUT2D eigenvalue weighted by Gasteiger charge is -2.27. The maximum Gasteiger partial charge on any atom is 0.290 e. The largest absolute Gasteiger partial charge is 0.503 e. The second kappa shape index (κ2) is 10.0. The number of aliphatic hydroxyl groups is 1. The summed E-state index contributed by atoms with van der Waals surface area (Å²) in [4.78, 5) is 34.0. The first-order chi connectivity index (χ1) is 17.9.